The van der Waals surface area contributed by atoms with Crippen LogP contribution in [0.5, 0.6) is 11.5 Å². The maximum atomic E-state index is 11.6. The van der Waals surface area contributed by atoms with Gasteiger partial charge in [-0.1, -0.05) is 29.5 Å². The number of rotatable bonds is 7. The van der Waals surface area contributed by atoms with Crippen LogP contribution in [0.15, 0.2) is 41.2 Å². The predicted octanol–water partition coefficient (Wildman–Crippen LogP) is 2.56. The molecule has 3 aromatic rings. The highest BCUT2D eigenvalue weighted by molar-refractivity contribution is 7.16. The van der Waals surface area contributed by atoms with Crippen LogP contribution in [0.2, 0.25) is 0 Å². The fourth-order valence-corrected chi connectivity index (χ4v) is 3.83. The van der Waals surface area contributed by atoms with Crippen molar-refractivity contribution in [1.29, 1.82) is 0 Å². The van der Waals surface area contributed by atoms with Gasteiger partial charge >= 0.3 is 4.87 Å². The first-order valence-electron chi connectivity index (χ1n) is 8.37. The molecule has 0 fully saturated rings. The third-order valence-corrected chi connectivity index (χ3v) is 5.24. The first-order valence-corrected chi connectivity index (χ1v) is 9.18. The minimum Gasteiger partial charge on any atom is -0.506 e. The Hall–Kier alpha value is -2.35. The van der Waals surface area contributed by atoms with E-state index in [-0.39, 0.29) is 16.7 Å². The van der Waals surface area contributed by atoms with E-state index in [1.807, 2.05) is 24.3 Å². The predicted molar refractivity (Wildman–Crippen MR) is 103 cm³/mol. The summed E-state index contributed by atoms with van der Waals surface area (Å²) in [7, 11) is 1.64. The number of hydrogen-bond acceptors (Lipinski definition) is 6. The number of aromatic amines is 1. The molecule has 0 saturated heterocycles. The third kappa shape index (κ3) is 4.07. The van der Waals surface area contributed by atoms with Crippen LogP contribution in [-0.2, 0) is 6.42 Å². The minimum atomic E-state index is -0.775. The molecular formula is C19H22N2O4S. The van der Waals surface area contributed by atoms with E-state index < -0.39 is 6.10 Å². The van der Waals surface area contributed by atoms with Gasteiger partial charge in [-0.15, -0.1) is 0 Å². The van der Waals surface area contributed by atoms with Crippen LogP contribution >= 0.6 is 11.3 Å². The van der Waals surface area contributed by atoms with E-state index in [1.165, 1.54) is 11.6 Å². The fourth-order valence-electron chi connectivity index (χ4n) is 2.91. The molecule has 0 amide bonds. The number of fused-ring (bicyclic) bond motifs is 1. The Kier molecular flexibility index (Phi) is 5.61. The largest absolute Gasteiger partial charge is 0.506 e. The lowest BCUT2D eigenvalue weighted by atomic mass is 10.1. The molecule has 2 atom stereocenters. The normalized spacial score (nSPS) is 13.7. The number of aromatic hydroxyl groups is 1. The first-order chi connectivity index (χ1) is 12.5. The van der Waals surface area contributed by atoms with Crippen LogP contribution in [0.4, 0.5) is 0 Å². The van der Waals surface area contributed by atoms with Gasteiger partial charge in [0.2, 0.25) is 0 Å². The summed E-state index contributed by atoms with van der Waals surface area (Å²) in [5.74, 6) is 0.835. The second kappa shape index (κ2) is 7.90. The monoisotopic (exact) mass is 374 g/mol. The molecule has 0 saturated carbocycles. The fraction of sp³-hybridized carbons (Fsp3) is 0.316. The molecule has 1 unspecified atom stereocenters. The number of nitrogens with one attached hydrogen (secondary N) is 2. The van der Waals surface area contributed by atoms with Gasteiger partial charge in [-0.05, 0) is 37.1 Å². The molecule has 1 heterocycles. The molecule has 3 rings (SSSR count). The molecule has 1 aromatic heterocycles. The van der Waals surface area contributed by atoms with Gasteiger partial charge in [-0.25, -0.2) is 0 Å². The zero-order valence-corrected chi connectivity index (χ0v) is 15.5. The lowest BCUT2D eigenvalue weighted by Gasteiger charge is -2.18. The Morgan fingerprint density at radius 2 is 1.96 bits per heavy atom. The number of hydrogen-bond donors (Lipinski definition) is 4. The van der Waals surface area contributed by atoms with Crippen LogP contribution in [0, 0.1) is 0 Å². The van der Waals surface area contributed by atoms with Crippen molar-refractivity contribution in [2.24, 2.45) is 0 Å². The van der Waals surface area contributed by atoms with Gasteiger partial charge in [0.25, 0.3) is 0 Å². The van der Waals surface area contributed by atoms with E-state index >= 15 is 0 Å². The summed E-state index contributed by atoms with van der Waals surface area (Å²) in [4.78, 5) is 13.9. The van der Waals surface area contributed by atoms with Crippen molar-refractivity contribution < 1.29 is 14.9 Å². The van der Waals surface area contributed by atoms with E-state index in [0.29, 0.717) is 22.3 Å². The van der Waals surface area contributed by atoms with Crippen molar-refractivity contribution in [2.75, 3.05) is 13.7 Å². The molecule has 0 bridgehead atoms. The molecule has 138 valence electrons. The van der Waals surface area contributed by atoms with Crippen LogP contribution in [0.25, 0.3) is 10.2 Å². The van der Waals surface area contributed by atoms with Gasteiger partial charge in [-0.3, -0.25) is 4.79 Å². The highest BCUT2D eigenvalue weighted by Crippen LogP contribution is 2.31. The number of benzene rings is 2. The summed E-state index contributed by atoms with van der Waals surface area (Å²) >= 11 is 0.991. The zero-order chi connectivity index (χ0) is 18.7. The Morgan fingerprint density at radius 3 is 2.65 bits per heavy atom. The summed E-state index contributed by atoms with van der Waals surface area (Å²) in [5, 5.41) is 23.7. The third-order valence-electron chi connectivity index (χ3n) is 4.31. The summed E-state index contributed by atoms with van der Waals surface area (Å²) in [6, 6.07) is 11.2. The van der Waals surface area contributed by atoms with Gasteiger partial charge in [0.1, 0.15) is 17.0 Å². The maximum absolute atomic E-state index is 11.6. The van der Waals surface area contributed by atoms with Crippen LogP contribution in [-0.4, -0.2) is 34.9 Å². The van der Waals surface area contributed by atoms with Gasteiger partial charge in [-0.2, -0.15) is 0 Å². The molecular weight excluding hydrogens is 352 g/mol. The number of ether oxygens (including phenoxy) is 1. The van der Waals surface area contributed by atoms with Crippen LogP contribution < -0.4 is 14.9 Å². The molecule has 6 nitrogen and oxygen atoms in total. The van der Waals surface area contributed by atoms with Crippen LogP contribution in [0.3, 0.4) is 0 Å². The number of methoxy groups -OCH3 is 1. The van der Waals surface area contributed by atoms with Crippen molar-refractivity contribution in [3.8, 4) is 11.5 Å². The van der Waals surface area contributed by atoms with Gasteiger partial charge in [0, 0.05) is 18.2 Å². The number of phenolic OH excluding ortho intramolecular Hbond substituents is 1. The standard InChI is InChI=1S/C19H22N2O4S/c1-11(9-12-3-5-13(25-2)6-4-12)20-10-16(23)14-7-8-15(22)17-18(14)26-19(24)21-17/h3-8,11,16,20,22-23H,9-10H2,1-2H3,(H,21,24)/t11-,16?/m0/s1. The highest BCUT2D eigenvalue weighted by Gasteiger charge is 2.17. The van der Waals surface area contributed by atoms with E-state index in [2.05, 4.69) is 17.2 Å². The maximum Gasteiger partial charge on any atom is 0.305 e. The summed E-state index contributed by atoms with van der Waals surface area (Å²) in [5.41, 5.74) is 2.18. The number of aliphatic hydroxyl groups excluding tert-OH is 1. The molecule has 0 aliphatic carbocycles. The summed E-state index contributed by atoms with van der Waals surface area (Å²) < 4.78 is 5.75. The van der Waals surface area contributed by atoms with Crippen molar-refractivity contribution in [1.82, 2.24) is 10.3 Å². The quantitative estimate of drug-likeness (QED) is 0.510. The molecule has 0 aliphatic heterocycles. The van der Waals surface area contributed by atoms with E-state index in [0.717, 1.165) is 23.5 Å². The highest BCUT2D eigenvalue weighted by atomic mass is 32.1. The number of aliphatic hydroxyl groups is 1. The zero-order valence-electron chi connectivity index (χ0n) is 14.7. The Bertz CT molecular complexity index is 933. The number of H-pyrrole nitrogens is 1. The van der Waals surface area contributed by atoms with E-state index in [4.69, 9.17) is 4.74 Å². The van der Waals surface area contributed by atoms with E-state index in [9.17, 15) is 15.0 Å². The van der Waals surface area contributed by atoms with Gasteiger partial charge < -0.3 is 25.3 Å². The number of thiazole rings is 1. The van der Waals surface area contributed by atoms with Crippen molar-refractivity contribution in [3.63, 3.8) is 0 Å². The Labute approximate surface area is 155 Å². The number of phenols is 1. The van der Waals surface area contributed by atoms with Gasteiger partial charge in [0.05, 0.1) is 17.9 Å². The minimum absolute atomic E-state index is 0.00938. The Balaban J connectivity index is 1.64. The lowest BCUT2D eigenvalue weighted by Crippen LogP contribution is -2.32. The molecule has 0 spiro atoms. The molecule has 0 radical (unpaired) electrons. The topological polar surface area (TPSA) is 94.6 Å². The number of aromatic nitrogens is 1. The van der Waals surface area contributed by atoms with Crippen molar-refractivity contribution >= 4 is 21.6 Å². The lowest BCUT2D eigenvalue weighted by molar-refractivity contribution is 0.172. The summed E-state index contributed by atoms with van der Waals surface area (Å²) in [6.07, 6.45) is 0.0435. The summed E-state index contributed by atoms with van der Waals surface area (Å²) in [6.45, 7) is 2.40. The first kappa shape index (κ1) is 18.4. The average Bonchev–Trinajstić information content (AvgIpc) is 3.03. The average molecular weight is 374 g/mol. The molecule has 2 aromatic carbocycles. The smallest absolute Gasteiger partial charge is 0.305 e. The van der Waals surface area contributed by atoms with E-state index in [1.54, 1.807) is 13.2 Å². The van der Waals surface area contributed by atoms with Crippen molar-refractivity contribution in [2.45, 2.75) is 25.5 Å². The Morgan fingerprint density at radius 1 is 1.23 bits per heavy atom. The molecule has 4 N–H and O–H groups in total. The second-order valence-electron chi connectivity index (χ2n) is 6.27. The molecule has 0 aliphatic rings. The van der Waals surface area contributed by atoms with Gasteiger partial charge in [0.15, 0.2) is 0 Å². The molecule has 26 heavy (non-hydrogen) atoms. The SMILES string of the molecule is COc1ccc(C[C@H](C)NCC(O)c2ccc(O)c3[nH]c(=O)sc23)cc1. The molecule has 7 heteroatoms. The van der Waals surface area contributed by atoms with Crippen molar-refractivity contribution in [3.05, 3.63) is 57.2 Å². The second-order valence-corrected chi connectivity index (χ2v) is 7.25. The van der Waals surface area contributed by atoms with Crippen LogP contribution in [0.1, 0.15) is 24.2 Å².